The van der Waals surface area contributed by atoms with Crippen LogP contribution in [0.3, 0.4) is 0 Å². The van der Waals surface area contributed by atoms with Crippen LogP contribution in [-0.2, 0) is 11.2 Å². The Labute approximate surface area is 121 Å². The van der Waals surface area contributed by atoms with Gasteiger partial charge in [-0.1, -0.05) is 13.0 Å². The number of nitrogens with one attached hydrogen (secondary N) is 1. The van der Waals surface area contributed by atoms with Crippen LogP contribution in [0.1, 0.15) is 37.8 Å². The van der Waals surface area contributed by atoms with Gasteiger partial charge >= 0.3 is 0 Å². The Bertz CT molecular complexity index is 431. The quantitative estimate of drug-likeness (QED) is 0.786. The van der Waals surface area contributed by atoms with Crippen LogP contribution in [0.25, 0.3) is 0 Å². The lowest BCUT2D eigenvalue weighted by Gasteiger charge is -2.28. The van der Waals surface area contributed by atoms with Crippen molar-refractivity contribution < 1.29 is 9.13 Å². The van der Waals surface area contributed by atoms with E-state index in [1.807, 2.05) is 13.0 Å². The van der Waals surface area contributed by atoms with E-state index in [9.17, 15) is 4.39 Å². The van der Waals surface area contributed by atoms with Crippen LogP contribution in [0.5, 0.6) is 0 Å². The number of aryl methyl sites for hydroxylation is 1. The summed E-state index contributed by atoms with van der Waals surface area (Å²) in [6.07, 6.45) is 3.73. The smallest absolute Gasteiger partial charge is 0.123 e. The lowest BCUT2D eigenvalue weighted by molar-refractivity contribution is 0.0196. The van der Waals surface area contributed by atoms with Crippen LogP contribution < -0.4 is 5.32 Å². The van der Waals surface area contributed by atoms with Crippen molar-refractivity contribution in [2.75, 3.05) is 13.2 Å². The second-order valence-electron chi connectivity index (χ2n) is 5.70. The minimum absolute atomic E-state index is 0.158. The Morgan fingerprint density at radius 1 is 1.35 bits per heavy atom. The van der Waals surface area contributed by atoms with E-state index in [1.54, 1.807) is 12.1 Å². The Morgan fingerprint density at radius 2 is 2.10 bits per heavy atom. The number of likely N-dealkylation sites (N-methyl/N-ethyl adjacent to an activating group) is 1. The first-order valence-electron chi connectivity index (χ1n) is 7.75. The highest BCUT2D eigenvalue weighted by molar-refractivity contribution is 5.27. The highest BCUT2D eigenvalue weighted by atomic mass is 19.1. The summed E-state index contributed by atoms with van der Waals surface area (Å²) < 4.78 is 19.2. The van der Waals surface area contributed by atoms with Gasteiger partial charge in [0.1, 0.15) is 5.82 Å². The van der Waals surface area contributed by atoms with Gasteiger partial charge in [0, 0.05) is 12.6 Å². The summed E-state index contributed by atoms with van der Waals surface area (Å²) >= 11 is 0. The zero-order chi connectivity index (χ0) is 14.5. The number of hydrogen-bond donors (Lipinski definition) is 1. The van der Waals surface area contributed by atoms with Crippen molar-refractivity contribution in [2.45, 2.75) is 52.2 Å². The average Bonchev–Trinajstić information content (AvgIpc) is 3.23. The van der Waals surface area contributed by atoms with Crippen molar-refractivity contribution in [1.82, 2.24) is 5.32 Å². The van der Waals surface area contributed by atoms with E-state index in [0.717, 1.165) is 25.1 Å². The maximum absolute atomic E-state index is 13.2. The molecule has 20 heavy (non-hydrogen) atoms. The summed E-state index contributed by atoms with van der Waals surface area (Å²) in [5, 5.41) is 3.56. The molecule has 2 atom stereocenters. The van der Waals surface area contributed by atoms with Gasteiger partial charge in [0.25, 0.3) is 0 Å². The van der Waals surface area contributed by atoms with Gasteiger partial charge in [-0.15, -0.1) is 0 Å². The van der Waals surface area contributed by atoms with Gasteiger partial charge in [0.2, 0.25) is 0 Å². The van der Waals surface area contributed by atoms with Crippen LogP contribution >= 0.6 is 0 Å². The largest absolute Gasteiger partial charge is 0.377 e. The van der Waals surface area contributed by atoms with Gasteiger partial charge in [-0.25, -0.2) is 4.39 Å². The average molecular weight is 279 g/mol. The lowest BCUT2D eigenvalue weighted by atomic mass is 9.95. The maximum Gasteiger partial charge on any atom is 0.123 e. The van der Waals surface area contributed by atoms with Gasteiger partial charge in [0.15, 0.2) is 0 Å². The Balaban J connectivity index is 2.10. The summed E-state index contributed by atoms with van der Waals surface area (Å²) in [7, 11) is 0. The van der Waals surface area contributed by atoms with Crippen LogP contribution in [0, 0.1) is 18.7 Å². The predicted molar refractivity (Wildman–Crippen MR) is 80.4 cm³/mol. The first-order chi connectivity index (χ1) is 9.65. The van der Waals surface area contributed by atoms with Crippen molar-refractivity contribution in [2.24, 2.45) is 5.92 Å². The molecule has 1 aromatic carbocycles. The molecule has 0 aromatic heterocycles. The van der Waals surface area contributed by atoms with Crippen molar-refractivity contribution in [1.29, 1.82) is 0 Å². The molecular formula is C17H26FNO. The molecule has 0 aliphatic heterocycles. The number of halogens is 1. The second-order valence-corrected chi connectivity index (χ2v) is 5.70. The number of rotatable bonds is 8. The zero-order valence-electron chi connectivity index (χ0n) is 12.8. The molecule has 0 amide bonds. The van der Waals surface area contributed by atoms with Gasteiger partial charge < -0.3 is 10.1 Å². The second kappa shape index (κ2) is 7.19. The van der Waals surface area contributed by atoms with Gasteiger partial charge in [0.05, 0.1) is 6.10 Å². The first-order valence-corrected chi connectivity index (χ1v) is 7.75. The maximum atomic E-state index is 13.2. The molecule has 112 valence electrons. The normalized spacial score (nSPS) is 18.0. The van der Waals surface area contributed by atoms with E-state index in [4.69, 9.17) is 4.74 Å². The first kappa shape index (κ1) is 15.5. The van der Waals surface area contributed by atoms with E-state index >= 15 is 0 Å². The summed E-state index contributed by atoms with van der Waals surface area (Å²) in [5.41, 5.74) is 2.24. The fourth-order valence-electron chi connectivity index (χ4n) is 2.89. The van der Waals surface area contributed by atoms with Gasteiger partial charge in [-0.05, 0) is 68.8 Å². The molecule has 1 N–H and O–H groups in total. The Kier molecular flexibility index (Phi) is 5.55. The standard InChI is InChI=1S/C17H26FNO/c1-4-19-16(17(20-5-2)13-6-7-13)11-14-8-9-15(18)10-12(14)3/h8-10,13,16-17,19H,4-7,11H2,1-3H3. The minimum Gasteiger partial charge on any atom is -0.377 e. The van der Waals surface area contributed by atoms with Crippen LogP contribution in [0.15, 0.2) is 18.2 Å². The van der Waals surface area contributed by atoms with E-state index < -0.39 is 0 Å². The molecule has 3 heteroatoms. The molecule has 0 bridgehead atoms. The van der Waals surface area contributed by atoms with Gasteiger partial charge in [-0.3, -0.25) is 0 Å². The fraction of sp³-hybridized carbons (Fsp3) is 0.647. The molecule has 0 saturated heterocycles. The lowest BCUT2D eigenvalue weighted by Crippen LogP contribution is -2.44. The Morgan fingerprint density at radius 3 is 2.65 bits per heavy atom. The molecule has 1 fully saturated rings. The summed E-state index contributed by atoms with van der Waals surface area (Å²) in [6.45, 7) is 7.85. The SMILES string of the molecule is CCNC(Cc1ccc(F)cc1C)C(OCC)C1CC1. The van der Waals surface area contributed by atoms with E-state index in [2.05, 4.69) is 19.2 Å². The van der Waals surface area contributed by atoms with E-state index in [1.165, 1.54) is 18.4 Å². The molecule has 0 radical (unpaired) electrons. The molecule has 2 nitrogen and oxygen atoms in total. The van der Waals surface area contributed by atoms with Crippen molar-refractivity contribution in [3.8, 4) is 0 Å². The highest BCUT2D eigenvalue weighted by Crippen LogP contribution is 2.36. The number of benzene rings is 1. The highest BCUT2D eigenvalue weighted by Gasteiger charge is 2.37. The predicted octanol–water partition coefficient (Wildman–Crippen LogP) is 3.47. The third-order valence-corrected chi connectivity index (χ3v) is 4.05. The van der Waals surface area contributed by atoms with Crippen LogP contribution in [-0.4, -0.2) is 25.3 Å². The molecule has 1 aromatic rings. The Hall–Kier alpha value is -0.930. The molecule has 2 rings (SSSR count). The molecule has 2 unspecified atom stereocenters. The third-order valence-electron chi connectivity index (χ3n) is 4.05. The van der Waals surface area contributed by atoms with E-state index in [-0.39, 0.29) is 11.9 Å². The molecule has 0 heterocycles. The number of ether oxygens (including phenoxy) is 1. The summed E-state index contributed by atoms with van der Waals surface area (Å²) in [6, 6.07) is 5.39. The molecule has 1 saturated carbocycles. The summed E-state index contributed by atoms with van der Waals surface area (Å²) in [5.74, 6) is 0.537. The van der Waals surface area contributed by atoms with Crippen molar-refractivity contribution >= 4 is 0 Å². The number of hydrogen-bond acceptors (Lipinski definition) is 2. The summed E-state index contributed by atoms with van der Waals surface area (Å²) in [4.78, 5) is 0. The van der Waals surface area contributed by atoms with E-state index in [0.29, 0.717) is 12.0 Å². The third kappa shape index (κ3) is 4.03. The monoisotopic (exact) mass is 279 g/mol. The van der Waals surface area contributed by atoms with Crippen LogP contribution in [0.4, 0.5) is 4.39 Å². The zero-order valence-corrected chi connectivity index (χ0v) is 12.8. The van der Waals surface area contributed by atoms with Gasteiger partial charge in [-0.2, -0.15) is 0 Å². The molecule has 0 spiro atoms. The molecule has 1 aliphatic carbocycles. The van der Waals surface area contributed by atoms with Crippen molar-refractivity contribution in [3.63, 3.8) is 0 Å². The molecular weight excluding hydrogens is 253 g/mol. The minimum atomic E-state index is -0.158. The van der Waals surface area contributed by atoms with Crippen LogP contribution in [0.2, 0.25) is 0 Å². The fourth-order valence-corrected chi connectivity index (χ4v) is 2.89. The molecule has 1 aliphatic rings. The topological polar surface area (TPSA) is 21.3 Å². The van der Waals surface area contributed by atoms with Crippen molar-refractivity contribution in [3.05, 3.63) is 35.1 Å².